The number of aliphatic imine (C=N–C) groups is 1. The van der Waals surface area contributed by atoms with Gasteiger partial charge in [0.1, 0.15) is 0 Å². The van der Waals surface area contributed by atoms with Crippen LogP contribution in [0, 0.1) is 11.8 Å². The van der Waals surface area contributed by atoms with E-state index in [9.17, 15) is 8.42 Å². The Morgan fingerprint density at radius 2 is 1.96 bits per heavy atom. The average Bonchev–Trinajstić information content (AvgIpc) is 3.21. The average molecular weight is 499 g/mol. The van der Waals surface area contributed by atoms with Crippen molar-refractivity contribution in [2.75, 3.05) is 31.2 Å². The molecule has 2 aliphatic heterocycles. The third-order valence-electron chi connectivity index (χ3n) is 5.79. The number of halogens is 1. The van der Waals surface area contributed by atoms with E-state index in [1.165, 1.54) is 25.7 Å². The SMILES string of the molecule is CC1CCCCC1NC(=NCC1CCS(=O)(=O)C1)NCC1CCCO1.I. The lowest BCUT2D eigenvalue weighted by molar-refractivity contribution is 0.113. The fourth-order valence-corrected chi connectivity index (χ4v) is 5.96. The fourth-order valence-electron chi connectivity index (χ4n) is 4.11. The number of nitrogens with one attached hydrogen (secondary N) is 2. The molecule has 0 spiro atoms. The van der Waals surface area contributed by atoms with Crippen LogP contribution in [0.15, 0.2) is 4.99 Å². The van der Waals surface area contributed by atoms with Gasteiger partial charge >= 0.3 is 0 Å². The van der Waals surface area contributed by atoms with Crippen molar-refractivity contribution in [3.8, 4) is 0 Å². The van der Waals surface area contributed by atoms with E-state index in [1.54, 1.807) is 0 Å². The lowest BCUT2D eigenvalue weighted by Crippen LogP contribution is -2.49. The van der Waals surface area contributed by atoms with Gasteiger partial charge in [-0.1, -0.05) is 19.8 Å². The van der Waals surface area contributed by atoms with Crippen LogP contribution in [0.5, 0.6) is 0 Å². The normalized spacial score (nSPS) is 34.3. The van der Waals surface area contributed by atoms with E-state index in [2.05, 4.69) is 17.6 Å². The maximum absolute atomic E-state index is 11.6. The van der Waals surface area contributed by atoms with Crippen LogP contribution in [0.3, 0.4) is 0 Å². The smallest absolute Gasteiger partial charge is 0.191 e. The lowest BCUT2D eigenvalue weighted by Gasteiger charge is -2.31. The Balaban J connectivity index is 0.00000243. The van der Waals surface area contributed by atoms with Gasteiger partial charge in [-0.3, -0.25) is 4.99 Å². The molecule has 3 fully saturated rings. The monoisotopic (exact) mass is 499 g/mol. The summed E-state index contributed by atoms with van der Waals surface area (Å²) < 4.78 is 29.0. The zero-order valence-corrected chi connectivity index (χ0v) is 18.9. The Morgan fingerprint density at radius 1 is 1.15 bits per heavy atom. The molecule has 4 unspecified atom stereocenters. The minimum Gasteiger partial charge on any atom is -0.376 e. The second-order valence-corrected chi connectivity index (χ2v) is 10.2. The summed E-state index contributed by atoms with van der Waals surface area (Å²) in [5, 5.41) is 7.05. The van der Waals surface area contributed by atoms with Crippen molar-refractivity contribution in [1.82, 2.24) is 10.6 Å². The van der Waals surface area contributed by atoms with Gasteiger partial charge in [-0.15, -0.1) is 24.0 Å². The molecule has 26 heavy (non-hydrogen) atoms. The molecule has 1 aliphatic carbocycles. The molecule has 0 radical (unpaired) electrons. The van der Waals surface area contributed by atoms with E-state index in [0.29, 0.717) is 24.3 Å². The Kier molecular flexibility index (Phi) is 8.93. The van der Waals surface area contributed by atoms with Crippen LogP contribution in [-0.4, -0.2) is 57.7 Å². The van der Waals surface area contributed by atoms with Gasteiger partial charge in [0.2, 0.25) is 0 Å². The summed E-state index contributed by atoms with van der Waals surface area (Å²) >= 11 is 0. The predicted molar refractivity (Wildman–Crippen MR) is 116 cm³/mol. The highest BCUT2D eigenvalue weighted by Crippen LogP contribution is 2.24. The molecule has 6 nitrogen and oxygen atoms in total. The third kappa shape index (κ3) is 6.82. The van der Waals surface area contributed by atoms with Crippen LogP contribution < -0.4 is 10.6 Å². The van der Waals surface area contributed by atoms with E-state index in [-0.39, 0.29) is 41.8 Å². The minimum absolute atomic E-state index is 0. The Bertz CT molecular complexity index is 564. The molecule has 0 aromatic heterocycles. The van der Waals surface area contributed by atoms with Gasteiger partial charge in [-0.25, -0.2) is 8.42 Å². The Hall–Kier alpha value is -0.0900. The molecule has 4 atom stereocenters. The molecule has 1 saturated carbocycles. The van der Waals surface area contributed by atoms with Gasteiger partial charge in [0.25, 0.3) is 0 Å². The summed E-state index contributed by atoms with van der Waals surface area (Å²) in [5.74, 6) is 2.25. The number of rotatable bonds is 5. The molecular weight excluding hydrogens is 465 g/mol. The summed E-state index contributed by atoms with van der Waals surface area (Å²) in [5.41, 5.74) is 0. The first-order chi connectivity index (χ1) is 12.0. The van der Waals surface area contributed by atoms with Crippen molar-refractivity contribution < 1.29 is 13.2 Å². The molecule has 3 rings (SSSR count). The van der Waals surface area contributed by atoms with Crippen LogP contribution in [0.1, 0.15) is 51.9 Å². The maximum atomic E-state index is 11.6. The van der Waals surface area contributed by atoms with E-state index in [0.717, 1.165) is 38.4 Å². The summed E-state index contributed by atoms with van der Waals surface area (Å²) in [6.45, 7) is 4.51. The fraction of sp³-hybridized carbons (Fsp3) is 0.944. The molecule has 2 heterocycles. The van der Waals surface area contributed by atoms with Crippen molar-refractivity contribution in [2.45, 2.75) is 64.0 Å². The first kappa shape index (κ1) is 22.2. The molecule has 2 N–H and O–H groups in total. The first-order valence-corrected chi connectivity index (χ1v) is 11.7. The summed E-state index contributed by atoms with van der Waals surface area (Å²) in [6, 6.07) is 0.455. The summed E-state index contributed by atoms with van der Waals surface area (Å²) in [4.78, 5) is 4.74. The van der Waals surface area contributed by atoms with Crippen LogP contribution >= 0.6 is 24.0 Å². The highest BCUT2D eigenvalue weighted by atomic mass is 127. The number of ether oxygens (including phenoxy) is 1. The van der Waals surface area contributed by atoms with Crippen molar-refractivity contribution >= 4 is 39.8 Å². The third-order valence-corrected chi connectivity index (χ3v) is 7.63. The highest BCUT2D eigenvalue weighted by Gasteiger charge is 2.28. The minimum atomic E-state index is -2.83. The molecule has 152 valence electrons. The van der Waals surface area contributed by atoms with Crippen molar-refractivity contribution in [3.05, 3.63) is 0 Å². The van der Waals surface area contributed by atoms with Crippen molar-refractivity contribution in [2.24, 2.45) is 16.8 Å². The van der Waals surface area contributed by atoms with Gasteiger partial charge in [0.15, 0.2) is 15.8 Å². The van der Waals surface area contributed by atoms with E-state index < -0.39 is 9.84 Å². The van der Waals surface area contributed by atoms with Gasteiger partial charge in [-0.05, 0) is 43.9 Å². The van der Waals surface area contributed by atoms with Gasteiger partial charge < -0.3 is 15.4 Å². The van der Waals surface area contributed by atoms with Crippen molar-refractivity contribution in [1.29, 1.82) is 0 Å². The van der Waals surface area contributed by atoms with Crippen LogP contribution in [0.4, 0.5) is 0 Å². The van der Waals surface area contributed by atoms with Gasteiger partial charge in [0, 0.05) is 25.7 Å². The van der Waals surface area contributed by atoms with Crippen LogP contribution in [-0.2, 0) is 14.6 Å². The predicted octanol–water partition coefficient (Wildman–Crippen LogP) is 2.33. The van der Waals surface area contributed by atoms with Gasteiger partial charge in [0.05, 0.1) is 17.6 Å². The molecule has 2 saturated heterocycles. The van der Waals surface area contributed by atoms with Crippen LogP contribution in [0.25, 0.3) is 0 Å². The molecule has 0 bridgehead atoms. The number of hydrogen-bond acceptors (Lipinski definition) is 4. The van der Waals surface area contributed by atoms with Crippen molar-refractivity contribution in [3.63, 3.8) is 0 Å². The van der Waals surface area contributed by atoms with E-state index in [4.69, 9.17) is 9.73 Å². The number of sulfone groups is 1. The molecular formula is C18H34IN3O3S. The number of nitrogens with zero attached hydrogens (tertiary/aromatic N) is 1. The number of guanidine groups is 1. The Labute approximate surface area is 175 Å². The zero-order chi connectivity index (χ0) is 17.7. The zero-order valence-electron chi connectivity index (χ0n) is 15.8. The van der Waals surface area contributed by atoms with E-state index in [1.807, 2.05) is 0 Å². The Morgan fingerprint density at radius 3 is 2.62 bits per heavy atom. The quantitative estimate of drug-likeness (QED) is 0.345. The molecule has 0 aromatic carbocycles. The first-order valence-electron chi connectivity index (χ1n) is 9.89. The van der Waals surface area contributed by atoms with E-state index >= 15 is 0 Å². The molecule has 3 aliphatic rings. The second-order valence-electron chi connectivity index (χ2n) is 7.99. The van der Waals surface area contributed by atoms with Gasteiger partial charge in [-0.2, -0.15) is 0 Å². The van der Waals surface area contributed by atoms with Crippen LogP contribution in [0.2, 0.25) is 0 Å². The molecule has 0 amide bonds. The highest BCUT2D eigenvalue weighted by molar-refractivity contribution is 14.0. The summed E-state index contributed by atoms with van der Waals surface area (Å²) in [7, 11) is -2.83. The standard InChI is InChI=1S/C18H33N3O3S.HI/c1-14-5-2-3-7-17(14)21-18(20-12-16-6-4-9-24-16)19-11-15-8-10-25(22,23)13-15;/h14-17H,2-13H2,1H3,(H2,19,20,21);1H. The summed E-state index contributed by atoms with van der Waals surface area (Å²) in [6.07, 6.45) is 8.26. The maximum Gasteiger partial charge on any atom is 0.191 e. The lowest BCUT2D eigenvalue weighted by atomic mass is 9.86. The number of hydrogen-bond donors (Lipinski definition) is 2. The molecule has 8 heteroatoms. The second kappa shape index (κ2) is 10.5. The topological polar surface area (TPSA) is 79.8 Å². The largest absolute Gasteiger partial charge is 0.376 e. The molecule has 0 aromatic rings.